The SMILES string of the molecule is COc1ccc(CNNc2ccccc2)cc1COc1ccc(F)cc1Cl. The standard InChI is InChI=1S/C21H20ClFN2O2/c1-26-20-9-7-15(13-24-25-18-5-3-2-4-6-18)11-16(20)14-27-21-10-8-17(23)12-19(21)22/h2-12,24-25H,13-14H2,1H3. The lowest BCUT2D eigenvalue weighted by Gasteiger charge is -2.14. The quantitative estimate of drug-likeness (QED) is 0.523. The van der Waals surface area contributed by atoms with Crippen molar-refractivity contribution in [2.75, 3.05) is 12.5 Å². The number of para-hydroxylation sites is 1. The Labute approximate surface area is 162 Å². The Balaban J connectivity index is 1.64. The van der Waals surface area contributed by atoms with Gasteiger partial charge in [0.05, 0.1) is 12.1 Å². The highest BCUT2D eigenvalue weighted by Gasteiger charge is 2.08. The van der Waals surface area contributed by atoms with Crippen LogP contribution < -0.4 is 20.3 Å². The molecule has 0 spiro atoms. The van der Waals surface area contributed by atoms with Crippen molar-refractivity contribution in [3.8, 4) is 11.5 Å². The van der Waals surface area contributed by atoms with Crippen LogP contribution in [0, 0.1) is 5.82 Å². The topological polar surface area (TPSA) is 42.5 Å². The number of hydrazine groups is 1. The summed E-state index contributed by atoms with van der Waals surface area (Å²) in [5, 5.41) is 0.235. The summed E-state index contributed by atoms with van der Waals surface area (Å²) >= 11 is 6.01. The van der Waals surface area contributed by atoms with Crippen LogP contribution in [0.3, 0.4) is 0 Å². The highest BCUT2D eigenvalue weighted by molar-refractivity contribution is 6.32. The zero-order valence-electron chi connectivity index (χ0n) is 14.8. The molecule has 0 bridgehead atoms. The molecule has 6 heteroatoms. The van der Waals surface area contributed by atoms with Gasteiger partial charge < -0.3 is 14.9 Å². The monoisotopic (exact) mass is 386 g/mol. The number of hydrogen-bond donors (Lipinski definition) is 2. The minimum absolute atomic E-state index is 0.235. The van der Waals surface area contributed by atoms with Crippen molar-refractivity contribution >= 4 is 17.3 Å². The lowest BCUT2D eigenvalue weighted by Crippen LogP contribution is -2.20. The Bertz CT molecular complexity index is 891. The fourth-order valence-electron chi connectivity index (χ4n) is 2.57. The number of rotatable bonds is 8. The van der Waals surface area contributed by atoms with Crippen molar-refractivity contribution in [3.63, 3.8) is 0 Å². The molecule has 0 aliphatic rings. The molecule has 0 amide bonds. The molecular formula is C21H20ClFN2O2. The van der Waals surface area contributed by atoms with Crippen molar-refractivity contribution in [2.24, 2.45) is 0 Å². The summed E-state index contributed by atoms with van der Waals surface area (Å²) in [5.41, 5.74) is 9.24. The van der Waals surface area contributed by atoms with Crippen LogP contribution in [0.4, 0.5) is 10.1 Å². The van der Waals surface area contributed by atoms with Gasteiger partial charge in [-0.1, -0.05) is 35.9 Å². The van der Waals surface area contributed by atoms with E-state index >= 15 is 0 Å². The van der Waals surface area contributed by atoms with Crippen LogP contribution in [0.1, 0.15) is 11.1 Å². The second kappa shape index (κ2) is 9.26. The number of hydrogen-bond acceptors (Lipinski definition) is 4. The van der Waals surface area contributed by atoms with Gasteiger partial charge in [-0.25, -0.2) is 9.82 Å². The molecule has 140 valence electrons. The van der Waals surface area contributed by atoms with Crippen LogP contribution in [0.5, 0.6) is 11.5 Å². The van der Waals surface area contributed by atoms with E-state index in [4.69, 9.17) is 21.1 Å². The fraction of sp³-hybridized carbons (Fsp3) is 0.143. The maximum atomic E-state index is 13.2. The van der Waals surface area contributed by atoms with Crippen molar-refractivity contribution < 1.29 is 13.9 Å². The number of halogens is 2. The van der Waals surface area contributed by atoms with Crippen LogP contribution in [0.25, 0.3) is 0 Å². The summed E-state index contributed by atoms with van der Waals surface area (Å²) in [7, 11) is 1.61. The summed E-state index contributed by atoms with van der Waals surface area (Å²) in [6.07, 6.45) is 0. The predicted octanol–water partition coefficient (Wildman–Crippen LogP) is 5.18. The van der Waals surface area contributed by atoms with Gasteiger partial charge in [-0.2, -0.15) is 0 Å². The van der Waals surface area contributed by atoms with E-state index in [-0.39, 0.29) is 11.6 Å². The highest BCUT2D eigenvalue weighted by Crippen LogP contribution is 2.27. The largest absolute Gasteiger partial charge is 0.496 e. The molecule has 0 unspecified atom stereocenters. The first-order chi connectivity index (χ1) is 13.2. The van der Waals surface area contributed by atoms with Gasteiger partial charge in [0.2, 0.25) is 0 Å². The van der Waals surface area contributed by atoms with Crippen molar-refractivity contribution in [1.29, 1.82) is 0 Å². The maximum absolute atomic E-state index is 13.2. The number of benzene rings is 3. The van der Waals surface area contributed by atoms with Gasteiger partial charge in [0, 0.05) is 17.8 Å². The van der Waals surface area contributed by atoms with Crippen molar-refractivity contribution in [2.45, 2.75) is 13.2 Å². The van der Waals surface area contributed by atoms with Crippen LogP contribution in [-0.4, -0.2) is 7.11 Å². The fourth-order valence-corrected chi connectivity index (χ4v) is 2.79. The smallest absolute Gasteiger partial charge is 0.138 e. The number of ether oxygens (including phenoxy) is 2. The second-order valence-corrected chi connectivity index (χ2v) is 6.26. The first-order valence-electron chi connectivity index (χ1n) is 8.43. The summed E-state index contributed by atoms with van der Waals surface area (Å²) in [4.78, 5) is 0. The summed E-state index contributed by atoms with van der Waals surface area (Å²) < 4.78 is 24.3. The van der Waals surface area contributed by atoms with Crippen LogP contribution >= 0.6 is 11.6 Å². The molecule has 0 saturated heterocycles. The molecule has 3 aromatic carbocycles. The van der Waals surface area contributed by atoms with Gasteiger partial charge in [0.1, 0.15) is 23.9 Å². The van der Waals surface area contributed by atoms with E-state index in [2.05, 4.69) is 10.9 Å². The van der Waals surface area contributed by atoms with E-state index in [9.17, 15) is 4.39 Å². The number of nitrogens with one attached hydrogen (secondary N) is 2. The summed E-state index contributed by atoms with van der Waals surface area (Å²) in [6, 6.07) is 19.8. The van der Waals surface area contributed by atoms with Gasteiger partial charge in [0.15, 0.2) is 0 Å². The number of anilines is 1. The molecule has 0 aliphatic carbocycles. The molecule has 0 aromatic heterocycles. The van der Waals surface area contributed by atoms with E-state index in [1.54, 1.807) is 7.11 Å². The molecule has 2 N–H and O–H groups in total. The average molecular weight is 387 g/mol. The molecule has 0 radical (unpaired) electrons. The first kappa shape index (κ1) is 19.0. The van der Waals surface area contributed by atoms with E-state index in [1.165, 1.54) is 18.2 Å². The van der Waals surface area contributed by atoms with E-state index in [0.29, 0.717) is 18.0 Å². The minimum atomic E-state index is -0.399. The van der Waals surface area contributed by atoms with Gasteiger partial charge in [-0.3, -0.25) is 0 Å². The molecule has 0 saturated carbocycles. The van der Waals surface area contributed by atoms with Crippen LogP contribution in [0.2, 0.25) is 5.02 Å². The molecule has 3 rings (SSSR count). The lowest BCUT2D eigenvalue weighted by atomic mass is 10.1. The number of methoxy groups -OCH3 is 1. The van der Waals surface area contributed by atoms with Crippen LogP contribution in [-0.2, 0) is 13.2 Å². The van der Waals surface area contributed by atoms with E-state index in [1.807, 2.05) is 48.5 Å². The lowest BCUT2D eigenvalue weighted by molar-refractivity contribution is 0.296. The highest BCUT2D eigenvalue weighted by atomic mass is 35.5. The van der Waals surface area contributed by atoms with Crippen molar-refractivity contribution in [3.05, 3.63) is 88.7 Å². The van der Waals surface area contributed by atoms with Crippen molar-refractivity contribution in [1.82, 2.24) is 5.43 Å². The van der Waals surface area contributed by atoms with Gasteiger partial charge in [0.25, 0.3) is 0 Å². The first-order valence-corrected chi connectivity index (χ1v) is 8.81. The molecular weight excluding hydrogens is 367 g/mol. The predicted molar refractivity (Wildman–Crippen MR) is 106 cm³/mol. The molecule has 0 atom stereocenters. The second-order valence-electron chi connectivity index (χ2n) is 5.85. The zero-order valence-corrected chi connectivity index (χ0v) is 15.6. The molecule has 4 nitrogen and oxygen atoms in total. The van der Waals surface area contributed by atoms with Gasteiger partial charge >= 0.3 is 0 Å². The van der Waals surface area contributed by atoms with Crippen LogP contribution in [0.15, 0.2) is 66.7 Å². The molecule has 0 aliphatic heterocycles. The van der Waals surface area contributed by atoms with Gasteiger partial charge in [-0.15, -0.1) is 0 Å². The van der Waals surface area contributed by atoms with Gasteiger partial charge in [-0.05, 0) is 48.0 Å². The molecule has 0 heterocycles. The third-order valence-corrected chi connectivity index (χ3v) is 4.22. The van der Waals surface area contributed by atoms with E-state index < -0.39 is 5.82 Å². The molecule has 0 fully saturated rings. The molecule has 3 aromatic rings. The third kappa shape index (κ3) is 5.36. The average Bonchev–Trinajstić information content (AvgIpc) is 2.68. The normalized spacial score (nSPS) is 10.5. The summed E-state index contributed by atoms with van der Waals surface area (Å²) in [6.45, 7) is 0.873. The minimum Gasteiger partial charge on any atom is -0.496 e. The zero-order chi connectivity index (χ0) is 19.1. The van der Waals surface area contributed by atoms with E-state index in [0.717, 1.165) is 16.8 Å². The third-order valence-electron chi connectivity index (χ3n) is 3.92. The Hall–Kier alpha value is -2.76. The molecule has 27 heavy (non-hydrogen) atoms. The maximum Gasteiger partial charge on any atom is 0.138 e. The Morgan fingerprint density at radius 2 is 1.74 bits per heavy atom. The Kier molecular flexibility index (Phi) is 6.52. The summed E-state index contributed by atoms with van der Waals surface area (Å²) in [5.74, 6) is 0.742. The Morgan fingerprint density at radius 1 is 0.963 bits per heavy atom. The Morgan fingerprint density at radius 3 is 2.48 bits per heavy atom.